The van der Waals surface area contributed by atoms with Crippen molar-refractivity contribution in [3.63, 3.8) is 0 Å². The van der Waals surface area contributed by atoms with Gasteiger partial charge in [-0.2, -0.15) is 0 Å². The van der Waals surface area contributed by atoms with Crippen molar-refractivity contribution >= 4 is 11.6 Å². The molecule has 0 spiro atoms. The Morgan fingerprint density at radius 1 is 1.50 bits per heavy atom. The summed E-state index contributed by atoms with van der Waals surface area (Å²) in [6.07, 6.45) is 1.58. The normalized spacial score (nSPS) is 12.8. The van der Waals surface area contributed by atoms with Gasteiger partial charge in [0.1, 0.15) is 5.82 Å². The lowest BCUT2D eigenvalue weighted by molar-refractivity contribution is 0.265. The van der Waals surface area contributed by atoms with Gasteiger partial charge in [-0.1, -0.05) is 24.6 Å². The van der Waals surface area contributed by atoms with Gasteiger partial charge in [-0.3, -0.25) is 0 Å². The van der Waals surface area contributed by atoms with Crippen LogP contribution in [0.15, 0.2) is 18.2 Å². The fourth-order valence-electron chi connectivity index (χ4n) is 1.60. The van der Waals surface area contributed by atoms with Crippen LogP contribution in [0.4, 0.5) is 4.39 Å². The molecule has 2 nitrogen and oxygen atoms in total. The van der Waals surface area contributed by atoms with E-state index in [-0.39, 0.29) is 18.5 Å². The zero-order chi connectivity index (χ0) is 12.0. The number of hydrogen-bond donors (Lipinski definition) is 2. The van der Waals surface area contributed by atoms with Crippen LogP contribution in [0.2, 0.25) is 5.02 Å². The molecule has 0 bridgehead atoms. The summed E-state index contributed by atoms with van der Waals surface area (Å²) in [5.74, 6) is -0.341. The topological polar surface area (TPSA) is 32.3 Å². The molecule has 0 fully saturated rings. The van der Waals surface area contributed by atoms with Crippen molar-refractivity contribution in [3.8, 4) is 0 Å². The van der Waals surface area contributed by atoms with E-state index in [1.807, 2.05) is 0 Å². The van der Waals surface area contributed by atoms with Crippen molar-refractivity contribution < 1.29 is 9.50 Å². The molecule has 1 aromatic rings. The van der Waals surface area contributed by atoms with Gasteiger partial charge >= 0.3 is 0 Å². The van der Waals surface area contributed by atoms with Crippen molar-refractivity contribution in [1.82, 2.24) is 5.32 Å². The van der Waals surface area contributed by atoms with E-state index in [1.54, 1.807) is 6.07 Å². The average molecular weight is 246 g/mol. The number of nitrogens with one attached hydrogen (secondary N) is 1. The van der Waals surface area contributed by atoms with Crippen LogP contribution in [0.3, 0.4) is 0 Å². The molecule has 0 heterocycles. The first kappa shape index (κ1) is 13.4. The van der Waals surface area contributed by atoms with Gasteiger partial charge in [-0.15, -0.1) is 0 Å². The summed E-state index contributed by atoms with van der Waals surface area (Å²) in [4.78, 5) is 0. The van der Waals surface area contributed by atoms with Gasteiger partial charge in [0, 0.05) is 17.7 Å². The molecule has 1 rings (SSSR count). The van der Waals surface area contributed by atoms with Crippen LogP contribution in [0.5, 0.6) is 0 Å². The minimum Gasteiger partial charge on any atom is -0.396 e. The van der Waals surface area contributed by atoms with Crippen LogP contribution in [0.1, 0.15) is 31.4 Å². The van der Waals surface area contributed by atoms with Gasteiger partial charge in [0.05, 0.1) is 0 Å². The molecular formula is C12H17ClFNO. The number of benzene rings is 1. The highest BCUT2D eigenvalue weighted by Crippen LogP contribution is 2.25. The van der Waals surface area contributed by atoms with E-state index in [4.69, 9.17) is 16.7 Å². The second-order valence-corrected chi connectivity index (χ2v) is 4.09. The fourth-order valence-corrected chi connectivity index (χ4v) is 1.90. The lowest BCUT2D eigenvalue weighted by Crippen LogP contribution is -2.23. The third-order valence-electron chi connectivity index (χ3n) is 2.40. The lowest BCUT2D eigenvalue weighted by Gasteiger charge is -2.19. The van der Waals surface area contributed by atoms with Crippen molar-refractivity contribution in [2.75, 3.05) is 13.2 Å². The molecule has 1 aromatic carbocycles. The second-order valence-electron chi connectivity index (χ2n) is 3.68. The molecule has 16 heavy (non-hydrogen) atoms. The second kappa shape index (κ2) is 6.84. The highest BCUT2D eigenvalue weighted by molar-refractivity contribution is 6.31. The summed E-state index contributed by atoms with van der Waals surface area (Å²) in [5.41, 5.74) is 0.838. The molecule has 0 aromatic heterocycles. The Labute approximate surface area is 100 Å². The van der Waals surface area contributed by atoms with Crippen molar-refractivity contribution in [2.45, 2.75) is 25.8 Å². The summed E-state index contributed by atoms with van der Waals surface area (Å²) in [6, 6.07) is 4.34. The van der Waals surface area contributed by atoms with Crippen molar-refractivity contribution in [1.29, 1.82) is 0 Å². The molecule has 0 aliphatic rings. The van der Waals surface area contributed by atoms with E-state index in [9.17, 15) is 4.39 Å². The molecule has 1 atom stereocenters. The zero-order valence-corrected chi connectivity index (χ0v) is 10.1. The maximum atomic E-state index is 12.9. The van der Waals surface area contributed by atoms with Crippen LogP contribution in [-0.4, -0.2) is 18.3 Å². The Hall–Kier alpha value is -0.640. The van der Waals surface area contributed by atoms with Crippen LogP contribution < -0.4 is 5.32 Å². The summed E-state index contributed by atoms with van der Waals surface area (Å²) < 4.78 is 12.9. The largest absolute Gasteiger partial charge is 0.396 e. The van der Waals surface area contributed by atoms with Crippen LogP contribution in [-0.2, 0) is 0 Å². The van der Waals surface area contributed by atoms with E-state index in [2.05, 4.69) is 12.2 Å². The number of rotatable bonds is 6. The average Bonchev–Trinajstić information content (AvgIpc) is 2.25. The highest BCUT2D eigenvalue weighted by atomic mass is 35.5. The Balaban J connectivity index is 2.82. The number of hydrogen-bond acceptors (Lipinski definition) is 2. The molecule has 2 N–H and O–H groups in total. The third-order valence-corrected chi connectivity index (χ3v) is 2.72. The SMILES string of the molecule is CCCNC(CCO)c1ccc(F)cc1Cl. The van der Waals surface area contributed by atoms with Gasteiger partial charge in [0.2, 0.25) is 0 Å². The molecule has 0 aliphatic heterocycles. The number of halogens is 2. The van der Waals surface area contributed by atoms with E-state index in [0.29, 0.717) is 11.4 Å². The zero-order valence-electron chi connectivity index (χ0n) is 9.34. The minimum absolute atomic E-state index is 0.0157. The first-order valence-corrected chi connectivity index (χ1v) is 5.86. The fraction of sp³-hybridized carbons (Fsp3) is 0.500. The monoisotopic (exact) mass is 245 g/mol. The summed E-state index contributed by atoms with van der Waals surface area (Å²) >= 11 is 5.98. The van der Waals surface area contributed by atoms with E-state index < -0.39 is 0 Å². The molecule has 0 aliphatic carbocycles. The van der Waals surface area contributed by atoms with Gasteiger partial charge < -0.3 is 10.4 Å². The quantitative estimate of drug-likeness (QED) is 0.808. The molecule has 90 valence electrons. The Bertz CT molecular complexity index is 333. The summed E-state index contributed by atoms with van der Waals surface area (Å²) in [5, 5.41) is 12.7. The van der Waals surface area contributed by atoms with E-state index >= 15 is 0 Å². The van der Waals surface area contributed by atoms with Crippen LogP contribution in [0, 0.1) is 5.82 Å². The maximum Gasteiger partial charge on any atom is 0.124 e. The summed E-state index contributed by atoms with van der Waals surface area (Å²) in [7, 11) is 0. The van der Waals surface area contributed by atoms with E-state index in [1.165, 1.54) is 12.1 Å². The first-order chi connectivity index (χ1) is 7.69. The first-order valence-electron chi connectivity index (χ1n) is 5.48. The Morgan fingerprint density at radius 3 is 2.81 bits per heavy atom. The van der Waals surface area contributed by atoms with E-state index in [0.717, 1.165) is 18.5 Å². The van der Waals surface area contributed by atoms with Crippen LogP contribution in [0.25, 0.3) is 0 Å². The molecule has 0 saturated carbocycles. The molecular weight excluding hydrogens is 229 g/mol. The molecule has 0 saturated heterocycles. The third kappa shape index (κ3) is 3.74. The molecule has 0 radical (unpaired) electrons. The smallest absolute Gasteiger partial charge is 0.124 e. The standard InChI is InChI=1S/C12H17ClFNO/c1-2-6-15-12(5-7-16)10-4-3-9(14)8-11(10)13/h3-4,8,12,15-16H,2,5-7H2,1H3. The predicted molar refractivity (Wildman–Crippen MR) is 64.1 cm³/mol. The number of aliphatic hydroxyl groups is 1. The molecule has 1 unspecified atom stereocenters. The lowest BCUT2D eigenvalue weighted by atomic mass is 10.0. The molecule has 4 heteroatoms. The van der Waals surface area contributed by atoms with Gasteiger partial charge in [0.15, 0.2) is 0 Å². The summed E-state index contributed by atoms with van der Waals surface area (Å²) in [6.45, 7) is 2.99. The van der Waals surface area contributed by atoms with Crippen molar-refractivity contribution in [3.05, 3.63) is 34.6 Å². The van der Waals surface area contributed by atoms with Gasteiger partial charge in [-0.25, -0.2) is 4.39 Å². The molecule has 0 amide bonds. The van der Waals surface area contributed by atoms with Crippen molar-refractivity contribution in [2.24, 2.45) is 0 Å². The maximum absolute atomic E-state index is 12.9. The Morgan fingerprint density at radius 2 is 2.25 bits per heavy atom. The minimum atomic E-state index is -0.341. The van der Waals surface area contributed by atoms with Crippen LogP contribution >= 0.6 is 11.6 Å². The Kier molecular flexibility index (Phi) is 5.74. The predicted octanol–water partition coefficient (Wildman–Crippen LogP) is 2.90. The highest BCUT2D eigenvalue weighted by Gasteiger charge is 2.13. The number of aliphatic hydroxyl groups excluding tert-OH is 1. The van der Waals surface area contributed by atoms with Gasteiger partial charge in [0.25, 0.3) is 0 Å². The van der Waals surface area contributed by atoms with Gasteiger partial charge in [-0.05, 0) is 37.1 Å².